The molecule has 0 amide bonds. The van der Waals surface area contributed by atoms with Crippen molar-refractivity contribution in [1.29, 1.82) is 0 Å². The SMILES string of the molecule is O=C(CCCO)C1=COCCC1. The van der Waals surface area contributed by atoms with Gasteiger partial charge < -0.3 is 9.84 Å². The molecule has 0 aromatic heterocycles. The van der Waals surface area contributed by atoms with Gasteiger partial charge in [0.25, 0.3) is 0 Å². The number of hydrogen-bond donors (Lipinski definition) is 1. The smallest absolute Gasteiger partial charge is 0.162 e. The van der Waals surface area contributed by atoms with Crippen molar-refractivity contribution in [3.8, 4) is 0 Å². The molecule has 0 saturated carbocycles. The van der Waals surface area contributed by atoms with Crippen LogP contribution in [0.2, 0.25) is 0 Å². The molecule has 1 N–H and O–H groups in total. The third-order valence-corrected chi connectivity index (χ3v) is 1.85. The number of ether oxygens (including phenoxy) is 1. The maximum atomic E-state index is 11.3. The van der Waals surface area contributed by atoms with Gasteiger partial charge >= 0.3 is 0 Å². The number of aliphatic hydroxyl groups is 1. The van der Waals surface area contributed by atoms with Gasteiger partial charge in [0.15, 0.2) is 5.78 Å². The predicted molar refractivity (Wildman–Crippen MR) is 44.6 cm³/mol. The van der Waals surface area contributed by atoms with E-state index < -0.39 is 0 Å². The largest absolute Gasteiger partial charge is 0.501 e. The minimum atomic E-state index is 0.0832. The van der Waals surface area contributed by atoms with Crippen molar-refractivity contribution >= 4 is 5.78 Å². The lowest BCUT2D eigenvalue weighted by Gasteiger charge is -2.11. The second kappa shape index (κ2) is 4.93. The Balaban J connectivity index is 2.35. The van der Waals surface area contributed by atoms with Crippen molar-refractivity contribution in [1.82, 2.24) is 0 Å². The monoisotopic (exact) mass is 170 g/mol. The first kappa shape index (κ1) is 9.26. The molecule has 3 heteroatoms. The highest BCUT2D eigenvalue weighted by Crippen LogP contribution is 2.14. The molecule has 0 fully saturated rings. The van der Waals surface area contributed by atoms with Gasteiger partial charge in [-0.25, -0.2) is 0 Å². The Morgan fingerprint density at radius 2 is 2.50 bits per heavy atom. The zero-order valence-electron chi connectivity index (χ0n) is 7.08. The summed E-state index contributed by atoms with van der Waals surface area (Å²) < 4.78 is 5.04. The minimum absolute atomic E-state index is 0.0832. The third-order valence-electron chi connectivity index (χ3n) is 1.85. The van der Waals surface area contributed by atoms with Crippen molar-refractivity contribution in [2.24, 2.45) is 0 Å². The number of carbonyl (C=O) groups is 1. The molecule has 0 atom stereocenters. The molecule has 0 aliphatic carbocycles. The lowest BCUT2D eigenvalue weighted by molar-refractivity contribution is -0.116. The molecule has 1 heterocycles. The Bertz CT molecular complexity index is 184. The first-order valence-electron chi connectivity index (χ1n) is 4.29. The molecular weight excluding hydrogens is 156 g/mol. The summed E-state index contributed by atoms with van der Waals surface area (Å²) in [6.45, 7) is 0.802. The van der Waals surface area contributed by atoms with E-state index in [1.807, 2.05) is 0 Å². The summed E-state index contributed by atoms with van der Waals surface area (Å²) in [5, 5.41) is 8.51. The van der Waals surface area contributed by atoms with Crippen LogP contribution in [0.15, 0.2) is 11.8 Å². The number of Topliss-reactive ketones (excluding diaryl/α,β-unsaturated/α-hetero) is 1. The second-order valence-corrected chi connectivity index (χ2v) is 2.87. The highest BCUT2D eigenvalue weighted by Gasteiger charge is 2.12. The fraction of sp³-hybridized carbons (Fsp3) is 0.667. The van der Waals surface area contributed by atoms with Crippen molar-refractivity contribution in [3.05, 3.63) is 11.8 Å². The predicted octanol–water partition coefficient (Wildman–Crippen LogP) is 1.02. The number of carbonyl (C=O) groups excluding carboxylic acids is 1. The van der Waals surface area contributed by atoms with Crippen LogP contribution in [-0.2, 0) is 9.53 Å². The molecule has 1 rings (SSSR count). The van der Waals surface area contributed by atoms with Crippen LogP contribution >= 0.6 is 0 Å². The number of aliphatic hydroxyl groups excluding tert-OH is 1. The van der Waals surface area contributed by atoms with Crippen LogP contribution < -0.4 is 0 Å². The average molecular weight is 170 g/mol. The van der Waals surface area contributed by atoms with Gasteiger partial charge in [-0.2, -0.15) is 0 Å². The number of hydrogen-bond acceptors (Lipinski definition) is 3. The highest BCUT2D eigenvalue weighted by atomic mass is 16.5. The number of ketones is 1. The van der Waals surface area contributed by atoms with E-state index in [1.54, 1.807) is 6.26 Å². The molecule has 12 heavy (non-hydrogen) atoms. The van der Waals surface area contributed by atoms with Crippen LogP contribution in [0.4, 0.5) is 0 Å². The highest BCUT2D eigenvalue weighted by molar-refractivity contribution is 5.95. The quantitative estimate of drug-likeness (QED) is 0.685. The topological polar surface area (TPSA) is 46.5 Å². The molecule has 0 bridgehead atoms. The van der Waals surface area contributed by atoms with Crippen molar-refractivity contribution in [2.45, 2.75) is 25.7 Å². The summed E-state index contributed by atoms with van der Waals surface area (Å²) in [5.41, 5.74) is 0.773. The fourth-order valence-electron chi connectivity index (χ4n) is 1.17. The molecular formula is C9H14O3. The third kappa shape index (κ3) is 2.66. The van der Waals surface area contributed by atoms with Crippen LogP contribution in [0.3, 0.4) is 0 Å². The van der Waals surface area contributed by atoms with E-state index in [-0.39, 0.29) is 12.4 Å². The minimum Gasteiger partial charge on any atom is -0.501 e. The van der Waals surface area contributed by atoms with Gasteiger partial charge in [-0.3, -0.25) is 4.79 Å². The molecule has 1 aliphatic heterocycles. The Morgan fingerprint density at radius 1 is 1.67 bits per heavy atom. The molecule has 1 aliphatic rings. The summed E-state index contributed by atoms with van der Waals surface area (Å²) in [6, 6.07) is 0. The molecule has 0 radical (unpaired) electrons. The van der Waals surface area contributed by atoms with Crippen molar-refractivity contribution < 1.29 is 14.6 Å². The summed E-state index contributed by atoms with van der Waals surface area (Å²) >= 11 is 0. The van der Waals surface area contributed by atoms with Gasteiger partial charge in [0.05, 0.1) is 12.9 Å². The van der Waals surface area contributed by atoms with Crippen LogP contribution in [0, 0.1) is 0 Å². The Labute approximate surface area is 72.0 Å². The molecule has 68 valence electrons. The Hall–Kier alpha value is -0.830. The van der Waals surface area contributed by atoms with E-state index >= 15 is 0 Å². The summed E-state index contributed by atoms with van der Waals surface area (Å²) in [5.74, 6) is 0.115. The average Bonchev–Trinajstić information content (AvgIpc) is 2.15. The van der Waals surface area contributed by atoms with E-state index in [0.717, 1.165) is 25.0 Å². The van der Waals surface area contributed by atoms with Gasteiger partial charge in [-0.15, -0.1) is 0 Å². The molecule has 0 aromatic carbocycles. The van der Waals surface area contributed by atoms with Crippen LogP contribution in [-0.4, -0.2) is 24.1 Å². The fourth-order valence-corrected chi connectivity index (χ4v) is 1.17. The van der Waals surface area contributed by atoms with Crippen LogP contribution in [0.5, 0.6) is 0 Å². The van der Waals surface area contributed by atoms with E-state index in [1.165, 1.54) is 0 Å². The maximum Gasteiger partial charge on any atom is 0.162 e. The van der Waals surface area contributed by atoms with Crippen molar-refractivity contribution in [2.75, 3.05) is 13.2 Å². The Morgan fingerprint density at radius 3 is 3.08 bits per heavy atom. The molecule has 3 nitrogen and oxygen atoms in total. The van der Waals surface area contributed by atoms with Gasteiger partial charge in [-0.05, 0) is 19.3 Å². The first-order chi connectivity index (χ1) is 5.84. The van der Waals surface area contributed by atoms with E-state index in [2.05, 4.69) is 0 Å². The lowest BCUT2D eigenvalue weighted by Crippen LogP contribution is -2.09. The molecule has 0 saturated heterocycles. The molecule has 0 aromatic rings. The summed E-state index contributed by atoms with van der Waals surface area (Å²) in [6.07, 6.45) is 4.30. The van der Waals surface area contributed by atoms with Gasteiger partial charge in [0, 0.05) is 18.6 Å². The first-order valence-corrected chi connectivity index (χ1v) is 4.29. The van der Waals surface area contributed by atoms with E-state index in [4.69, 9.17) is 9.84 Å². The molecule has 0 unspecified atom stereocenters. The van der Waals surface area contributed by atoms with Crippen LogP contribution in [0.25, 0.3) is 0 Å². The van der Waals surface area contributed by atoms with Crippen molar-refractivity contribution in [3.63, 3.8) is 0 Å². The molecule has 0 spiro atoms. The standard InChI is InChI=1S/C9H14O3/c10-5-1-4-9(11)8-3-2-6-12-7-8/h7,10H,1-6H2. The van der Waals surface area contributed by atoms with Gasteiger partial charge in [-0.1, -0.05) is 0 Å². The zero-order chi connectivity index (χ0) is 8.81. The summed E-state index contributed by atoms with van der Waals surface area (Å²) in [7, 11) is 0. The summed E-state index contributed by atoms with van der Waals surface area (Å²) in [4.78, 5) is 11.3. The number of allylic oxidation sites excluding steroid dienone is 1. The van der Waals surface area contributed by atoms with E-state index in [0.29, 0.717) is 12.8 Å². The normalized spacial score (nSPS) is 16.6. The van der Waals surface area contributed by atoms with Crippen LogP contribution in [0.1, 0.15) is 25.7 Å². The lowest BCUT2D eigenvalue weighted by atomic mass is 10.0. The number of rotatable bonds is 4. The second-order valence-electron chi connectivity index (χ2n) is 2.87. The van der Waals surface area contributed by atoms with Gasteiger partial charge in [0.1, 0.15) is 0 Å². The zero-order valence-corrected chi connectivity index (χ0v) is 7.08. The van der Waals surface area contributed by atoms with E-state index in [9.17, 15) is 4.79 Å². The van der Waals surface area contributed by atoms with Gasteiger partial charge in [0.2, 0.25) is 0 Å². The Kier molecular flexibility index (Phi) is 3.80. The maximum absolute atomic E-state index is 11.3.